The Bertz CT molecular complexity index is 924. The molecule has 0 fully saturated rings. The van der Waals surface area contributed by atoms with E-state index in [1.165, 1.54) is 6.07 Å². The molecule has 132 valence electrons. The van der Waals surface area contributed by atoms with Crippen LogP contribution in [0.15, 0.2) is 47.4 Å². The topological polar surface area (TPSA) is 130 Å². The SMILES string of the molecule is Cc1cc(C(=O)OC(C(N)=O)c2ccccc2)cc(S(N)(=O)=O)c1C. The van der Waals surface area contributed by atoms with Crippen molar-refractivity contribution in [3.05, 3.63) is 64.7 Å². The van der Waals surface area contributed by atoms with Crippen molar-refractivity contribution >= 4 is 21.9 Å². The Balaban J connectivity index is 2.41. The van der Waals surface area contributed by atoms with Gasteiger partial charge in [-0.25, -0.2) is 18.4 Å². The summed E-state index contributed by atoms with van der Waals surface area (Å²) < 4.78 is 28.6. The number of hydrogen-bond acceptors (Lipinski definition) is 5. The highest BCUT2D eigenvalue weighted by atomic mass is 32.2. The lowest BCUT2D eigenvalue weighted by molar-refractivity contribution is -0.127. The van der Waals surface area contributed by atoms with Crippen LogP contribution in [0, 0.1) is 13.8 Å². The van der Waals surface area contributed by atoms with E-state index in [1.54, 1.807) is 44.2 Å². The van der Waals surface area contributed by atoms with Gasteiger partial charge in [-0.3, -0.25) is 4.79 Å². The van der Waals surface area contributed by atoms with Crippen molar-refractivity contribution in [1.82, 2.24) is 0 Å². The molecule has 0 aliphatic rings. The number of amides is 1. The largest absolute Gasteiger partial charge is 0.444 e. The van der Waals surface area contributed by atoms with Crippen LogP contribution in [0.1, 0.15) is 33.2 Å². The quantitative estimate of drug-likeness (QED) is 0.775. The van der Waals surface area contributed by atoms with E-state index >= 15 is 0 Å². The van der Waals surface area contributed by atoms with E-state index in [0.29, 0.717) is 16.7 Å². The molecule has 0 aliphatic carbocycles. The van der Waals surface area contributed by atoms with Crippen molar-refractivity contribution in [3.63, 3.8) is 0 Å². The second-order valence-electron chi connectivity index (χ2n) is 5.56. The molecule has 2 rings (SSSR count). The lowest BCUT2D eigenvalue weighted by atomic mass is 10.1. The van der Waals surface area contributed by atoms with Crippen molar-refractivity contribution in [2.24, 2.45) is 10.9 Å². The number of esters is 1. The third-order valence-electron chi connectivity index (χ3n) is 3.75. The third-order valence-corrected chi connectivity index (χ3v) is 4.78. The van der Waals surface area contributed by atoms with Crippen LogP contribution < -0.4 is 10.9 Å². The Kier molecular flexibility index (Phi) is 5.24. The van der Waals surface area contributed by atoms with Gasteiger partial charge in [-0.1, -0.05) is 30.3 Å². The summed E-state index contributed by atoms with van der Waals surface area (Å²) in [6, 6.07) is 10.9. The molecule has 0 bridgehead atoms. The van der Waals surface area contributed by atoms with Crippen molar-refractivity contribution in [2.75, 3.05) is 0 Å². The Morgan fingerprint density at radius 3 is 2.20 bits per heavy atom. The van der Waals surface area contributed by atoms with Gasteiger partial charge in [0, 0.05) is 5.56 Å². The Hall–Kier alpha value is -2.71. The van der Waals surface area contributed by atoms with Gasteiger partial charge >= 0.3 is 5.97 Å². The molecule has 0 heterocycles. The number of sulfonamides is 1. The smallest absolute Gasteiger partial charge is 0.339 e. The van der Waals surface area contributed by atoms with Crippen molar-refractivity contribution in [3.8, 4) is 0 Å². The van der Waals surface area contributed by atoms with E-state index < -0.39 is 28.0 Å². The van der Waals surface area contributed by atoms with Gasteiger partial charge < -0.3 is 10.5 Å². The maximum absolute atomic E-state index is 12.4. The Morgan fingerprint density at radius 2 is 1.68 bits per heavy atom. The molecule has 8 heteroatoms. The number of hydrogen-bond donors (Lipinski definition) is 2. The zero-order valence-corrected chi connectivity index (χ0v) is 14.5. The van der Waals surface area contributed by atoms with Crippen LogP contribution in [0.3, 0.4) is 0 Å². The van der Waals surface area contributed by atoms with Crippen LogP contribution in [0.25, 0.3) is 0 Å². The van der Waals surface area contributed by atoms with E-state index in [2.05, 4.69) is 0 Å². The van der Waals surface area contributed by atoms with Crippen molar-refractivity contribution in [1.29, 1.82) is 0 Å². The number of benzene rings is 2. The van der Waals surface area contributed by atoms with Gasteiger partial charge in [0.2, 0.25) is 16.1 Å². The first-order chi connectivity index (χ1) is 11.6. The molecular formula is C17H18N2O5S. The number of primary sulfonamides is 1. The summed E-state index contributed by atoms with van der Waals surface area (Å²) in [5.41, 5.74) is 6.69. The fraction of sp³-hybridized carbons (Fsp3) is 0.176. The van der Waals surface area contributed by atoms with Crippen LogP contribution in [0.5, 0.6) is 0 Å². The van der Waals surface area contributed by atoms with Gasteiger partial charge in [0.1, 0.15) is 0 Å². The molecule has 1 atom stereocenters. The molecule has 0 spiro atoms. The fourth-order valence-corrected chi connectivity index (χ4v) is 3.21. The normalized spacial score (nSPS) is 12.4. The average Bonchev–Trinajstić information content (AvgIpc) is 2.54. The first-order valence-corrected chi connectivity index (χ1v) is 8.85. The van der Waals surface area contributed by atoms with Crippen LogP contribution in [-0.4, -0.2) is 20.3 Å². The summed E-state index contributed by atoms with van der Waals surface area (Å²) in [5.74, 6) is -1.71. The first-order valence-electron chi connectivity index (χ1n) is 7.30. The molecule has 4 N–H and O–H groups in total. The number of ether oxygens (including phenoxy) is 1. The molecule has 0 saturated carbocycles. The molecule has 0 aromatic heterocycles. The highest BCUT2D eigenvalue weighted by molar-refractivity contribution is 7.89. The van der Waals surface area contributed by atoms with Crippen LogP contribution in [-0.2, 0) is 19.6 Å². The van der Waals surface area contributed by atoms with Crippen molar-refractivity contribution in [2.45, 2.75) is 24.8 Å². The molecular weight excluding hydrogens is 344 g/mol. The average molecular weight is 362 g/mol. The maximum atomic E-state index is 12.4. The minimum Gasteiger partial charge on any atom is -0.444 e. The minimum absolute atomic E-state index is 0.0330. The zero-order chi connectivity index (χ0) is 18.8. The summed E-state index contributed by atoms with van der Waals surface area (Å²) in [7, 11) is -4.01. The van der Waals surface area contributed by atoms with E-state index in [4.69, 9.17) is 15.6 Å². The Morgan fingerprint density at radius 1 is 1.08 bits per heavy atom. The van der Waals surface area contributed by atoms with Crippen molar-refractivity contribution < 1.29 is 22.7 Å². The molecule has 0 radical (unpaired) electrons. The highest BCUT2D eigenvalue weighted by Crippen LogP contribution is 2.23. The van der Waals surface area contributed by atoms with E-state index in [-0.39, 0.29) is 10.5 Å². The predicted molar refractivity (Wildman–Crippen MR) is 91.1 cm³/mol. The number of rotatable bonds is 5. The second-order valence-corrected chi connectivity index (χ2v) is 7.09. The number of nitrogens with two attached hydrogens (primary N) is 2. The van der Waals surface area contributed by atoms with Crippen LogP contribution in [0.4, 0.5) is 0 Å². The van der Waals surface area contributed by atoms with Gasteiger partial charge in [0.05, 0.1) is 10.5 Å². The molecule has 0 aliphatic heterocycles. The number of carbonyl (C=O) groups is 2. The molecule has 0 saturated heterocycles. The molecule has 25 heavy (non-hydrogen) atoms. The first kappa shape index (κ1) is 18.6. The second kappa shape index (κ2) is 7.04. The van der Waals surface area contributed by atoms with Gasteiger partial charge in [-0.15, -0.1) is 0 Å². The number of carbonyl (C=O) groups excluding carboxylic acids is 2. The van der Waals surface area contributed by atoms with Crippen LogP contribution in [0.2, 0.25) is 0 Å². The van der Waals surface area contributed by atoms with Gasteiger partial charge in [-0.05, 0) is 37.1 Å². The van der Waals surface area contributed by atoms with Gasteiger partial charge in [0.15, 0.2) is 0 Å². The third kappa shape index (κ3) is 4.23. The molecule has 2 aromatic carbocycles. The molecule has 1 amide bonds. The standard InChI is InChI=1S/C17H18N2O5S/c1-10-8-13(9-14(11(10)2)25(19,22)23)17(21)24-15(16(18)20)12-6-4-3-5-7-12/h3-9,15H,1-2H3,(H2,18,20)(H2,19,22,23). The van der Waals surface area contributed by atoms with Gasteiger partial charge in [0.25, 0.3) is 5.91 Å². The zero-order valence-electron chi connectivity index (χ0n) is 13.7. The summed E-state index contributed by atoms with van der Waals surface area (Å²) in [5, 5.41) is 5.18. The number of primary amides is 1. The Labute approximate surface area is 145 Å². The summed E-state index contributed by atoms with van der Waals surface area (Å²) in [4.78, 5) is 23.9. The van der Waals surface area contributed by atoms with E-state index in [9.17, 15) is 18.0 Å². The maximum Gasteiger partial charge on any atom is 0.339 e. The monoisotopic (exact) mass is 362 g/mol. The molecule has 1 unspecified atom stereocenters. The highest BCUT2D eigenvalue weighted by Gasteiger charge is 2.25. The van der Waals surface area contributed by atoms with E-state index in [0.717, 1.165) is 6.07 Å². The number of aryl methyl sites for hydroxylation is 1. The van der Waals surface area contributed by atoms with Crippen LogP contribution >= 0.6 is 0 Å². The summed E-state index contributed by atoms with van der Waals surface area (Å²) >= 11 is 0. The van der Waals surface area contributed by atoms with Gasteiger partial charge in [-0.2, -0.15) is 0 Å². The predicted octanol–water partition coefficient (Wildman–Crippen LogP) is 1.33. The summed E-state index contributed by atoms with van der Waals surface area (Å²) in [6.45, 7) is 3.23. The fourth-order valence-electron chi connectivity index (χ4n) is 2.33. The van der Waals surface area contributed by atoms with E-state index in [1.807, 2.05) is 0 Å². The molecule has 2 aromatic rings. The lowest BCUT2D eigenvalue weighted by Crippen LogP contribution is -2.26. The molecule has 7 nitrogen and oxygen atoms in total. The minimum atomic E-state index is -4.01. The lowest BCUT2D eigenvalue weighted by Gasteiger charge is -2.16. The summed E-state index contributed by atoms with van der Waals surface area (Å²) in [6.07, 6.45) is -1.28.